The van der Waals surface area contributed by atoms with Gasteiger partial charge in [-0.25, -0.2) is 4.68 Å². The first-order chi connectivity index (χ1) is 13.6. The number of benzene rings is 2. The minimum atomic E-state index is -0.382. The maximum absolute atomic E-state index is 12.8. The smallest absolute Gasteiger partial charge is 0.276 e. The van der Waals surface area contributed by atoms with Crippen LogP contribution in [0.3, 0.4) is 0 Å². The van der Waals surface area contributed by atoms with Gasteiger partial charge in [0, 0.05) is 24.3 Å². The lowest BCUT2D eigenvalue weighted by Crippen LogP contribution is -2.29. The van der Waals surface area contributed by atoms with Crippen molar-refractivity contribution in [2.45, 2.75) is 12.8 Å². The quantitative estimate of drug-likeness (QED) is 0.726. The van der Waals surface area contributed by atoms with Gasteiger partial charge in [0.05, 0.1) is 16.9 Å². The molecule has 4 rings (SSSR count). The highest BCUT2D eigenvalue weighted by molar-refractivity contribution is 6.31. The maximum atomic E-state index is 12.8. The van der Waals surface area contributed by atoms with Crippen LogP contribution in [0.5, 0.6) is 0 Å². The van der Waals surface area contributed by atoms with Crippen LogP contribution in [0, 0.1) is 0 Å². The van der Waals surface area contributed by atoms with Gasteiger partial charge in [0.15, 0.2) is 5.69 Å². The molecule has 142 valence electrons. The van der Waals surface area contributed by atoms with Gasteiger partial charge in [-0.1, -0.05) is 29.8 Å². The number of hydrogen-bond donors (Lipinski definition) is 1. The Balaban J connectivity index is 1.56. The lowest BCUT2D eigenvalue weighted by Gasteiger charge is -2.18. The molecule has 0 bridgehead atoms. The van der Waals surface area contributed by atoms with Gasteiger partial charge in [0.2, 0.25) is 0 Å². The molecule has 2 aromatic carbocycles. The van der Waals surface area contributed by atoms with Crippen molar-refractivity contribution in [1.82, 2.24) is 14.7 Å². The van der Waals surface area contributed by atoms with Crippen LogP contribution in [0.2, 0.25) is 5.02 Å². The lowest BCUT2D eigenvalue weighted by atomic mass is 10.1. The Hall–Kier alpha value is -3.12. The number of nitrogens with zero attached hydrogens (tertiary/aromatic N) is 3. The van der Waals surface area contributed by atoms with E-state index in [1.54, 1.807) is 40.0 Å². The van der Waals surface area contributed by atoms with Gasteiger partial charge in [0.1, 0.15) is 0 Å². The summed E-state index contributed by atoms with van der Waals surface area (Å²) in [7, 11) is 0. The molecule has 0 radical (unpaired) electrons. The normalized spacial score (nSPS) is 13.5. The summed E-state index contributed by atoms with van der Waals surface area (Å²) in [6.45, 7) is 1.44. The van der Waals surface area contributed by atoms with E-state index in [0.717, 1.165) is 31.6 Å². The van der Waals surface area contributed by atoms with Crippen LogP contribution >= 0.6 is 11.6 Å². The molecule has 28 heavy (non-hydrogen) atoms. The zero-order valence-corrected chi connectivity index (χ0v) is 15.9. The van der Waals surface area contributed by atoms with Crippen LogP contribution in [0.15, 0.2) is 60.8 Å². The number of rotatable bonds is 4. The Labute approximate surface area is 167 Å². The third kappa shape index (κ3) is 3.77. The van der Waals surface area contributed by atoms with Crippen molar-refractivity contribution >= 4 is 29.1 Å². The average Bonchev–Trinajstić information content (AvgIpc) is 3.42. The highest BCUT2D eigenvalue weighted by Crippen LogP contribution is 2.24. The monoisotopic (exact) mass is 394 g/mol. The number of carbonyl (C=O) groups excluding carboxylic acids is 2. The molecule has 1 saturated heterocycles. The fourth-order valence-corrected chi connectivity index (χ4v) is 3.42. The molecule has 0 unspecified atom stereocenters. The van der Waals surface area contributed by atoms with E-state index in [1.807, 2.05) is 30.3 Å². The second-order valence-corrected chi connectivity index (χ2v) is 7.06. The van der Waals surface area contributed by atoms with Crippen molar-refractivity contribution in [3.05, 3.63) is 77.1 Å². The number of carbonyl (C=O) groups is 2. The van der Waals surface area contributed by atoms with Crippen molar-refractivity contribution in [2.24, 2.45) is 0 Å². The van der Waals surface area contributed by atoms with Crippen molar-refractivity contribution in [1.29, 1.82) is 0 Å². The maximum Gasteiger partial charge on any atom is 0.276 e. The molecule has 0 saturated carbocycles. The largest absolute Gasteiger partial charge is 0.339 e. The number of para-hydroxylation sites is 1. The number of nitrogens with one attached hydrogen (secondary N) is 1. The summed E-state index contributed by atoms with van der Waals surface area (Å²) >= 11 is 6.09. The summed E-state index contributed by atoms with van der Waals surface area (Å²) in [6.07, 6.45) is 3.71. The Morgan fingerprint density at radius 1 is 1.00 bits per heavy atom. The van der Waals surface area contributed by atoms with Crippen LogP contribution in [-0.4, -0.2) is 39.6 Å². The van der Waals surface area contributed by atoms with Crippen LogP contribution in [0.4, 0.5) is 5.69 Å². The molecular formula is C21H19ClN4O2. The molecule has 2 heterocycles. The summed E-state index contributed by atoms with van der Waals surface area (Å²) in [5.41, 5.74) is 1.95. The molecule has 1 aliphatic heterocycles. The predicted octanol–water partition coefficient (Wildman–Crippen LogP) is 4.01. The van der Waals surface area contributed by atoms with Gasteiger partial charge in [-0.15, -0.1) is 0 Å². The van der Waals surface area contributed by atoms with E-state index in [9.17, 15) is 9.59 Å². The van der Waals surface area contributed by atoms with E-state index < -0.39 is 0 Å². The number of anilines is 1. The Morgan fingerprint density at radius 3 is 2.50 bits per heavy atom. The lowest BCUT2D eigenvalue weighted by molar-refractivity contribution is 0.0794. The summed E-state index contributed by atoms with van der Waals surface area (Å²) in [4.78, 5) is 27.3. The highest BCUT2D eigenvalue weighted by Gasteiger charge is 2.23. The number of likely N-dealkylation sites (tertiary alicyclic amines) is 1. The summed E-state index contributed by atoms with van der Waals surface area (Å²) in [5.74, 6) is -0.502. The summed E-state index contributed by atoms with van der Waals surface area (Å²) in [5, 5.41) is 7.58. The molecule has 1 N–H and O–H groups in total. The number of hydrogen-bond acceptors (Lipinski definition) is 3. The second kappa shape index (κ2) is 7.86. The number of amides is 2. The van der Waals surface area contributed by atoms with E-state index in [4.69, 9.17) is 11.6 Å². The fourth-order valence-electron chi connectivity index (χ4n) is 3.25. The Bertz CT molecular complexity index is 1010. The van der Waals surface area contributed by atoms with E-state index in [0.29, 0.717) is 16.3 Å². The minimum Gasteiger partial charge on any atom is -0.339 e. The van der Waals surface area contributed by atoms with Gasteiger partial charge in [0.25, 0.3) is 11.8 Å². The molecule has 0 aliphatic carbocycles. The molecule has 3 aromatic rings. The molecule has 2 amide bonds. The number of aromatic nitrogens is 2. The zero-order valence-electron chi connectivity index (χ0n) is 15.1. The molecule has 6 nitrogen and oxygen atoms in total. The Morgan fingerprint density at radius 2 is 1.75 bits per heavy atom. The highest BCUT2D eigenvalue weighted by atomic mass is 35.5. The molecule has 0 spiro atoms. The fraction of sp³-hybridized carbons (Fsp3) is 0.190. The van der Waals surface area contributed by atoms with Crippen LogP contribution < -0.4 is 5.32 Å². The predicted molar refractivity (Wildman–Crippen MR) is 108 cm³/mol. The SMILES string of the molecule is O=C(Nc1ccc(Cl)cc1C(=O)N1CCCC1)c1ccn(-c2ccccc2)n1. The first kappa shape index (κ1) is 18.3. The molecule has 7 heteroatoms. The van der Waals surface area contributed by atoms with Crippen LogP contribution in [0.25, 0.3) is 5.69 Å². The Kier molecular flexibility index (Phi) is 5.12. The standard InChI is InChI=1S/C21H19ClN4O2/c22-15-8-9-18(17(14-15)21(28)25-11-4-5-12-25)23-20(27)19-10-13-26(24-19)16-6-2-1-3-7-16/h1-3,6-10,13-14H,4-5,11-12H2,(H,23,27). The van der Waals surface area contributed by atoms with E-state index in [-0.39, 0.29) is 17.5 Å². The van der Waals surface area contributed by atoms with E-state index >= 15 is 0 Å². The first-order valence-corrected chi connectivity index (χ1v) is 9.51. The second-order valence-electron chi connectivity index (χ2n) is 6.62. The molecule has 1 aliphatic rings. The number of halogens is 1. The van der Waals surface area contributed by atoms with Crippen LogP contribution in [-0.2, 0) is 0 Å². The van der Waals surface area contributed by atoms with Crippen molar-refractivity contribution in [3.63, 3.8) is 0 Å². The molecular weight excluding hydrogens is 376 g/mol. The van der Waals surface area contributed by atoms with Crippen molar-refractivity contribution < 1.29 is 9.59 Å². The summed E-state index contributed by atoms with van der Waals surface area (Å²) in [6, 6.07) is 16.1. The molecule has 0 atom stereocenters. The zero-order chi connectivity index (χ0) is 19.5. The van der Waals surface area contributed by atoms with E-state index in [1.165, 1.54) is 0 Å². The molecule has 1 fully saturated rings. The van der Waals surface area contributed by atoms with E-state index in [2.05, 4.69) is 10.4 Å². The van der Waals surface area contributed by atoms with Crippen molar-refractivity contribution in [2.75, 3.05) is 18.4 Å². The van der Waals surface area contributed by atoms with Gasteiger partial charge in [-0.3, -0.25) is 9.59 Å². The van der Waals surface area contributed by atoms with Crippen LogP contribution in [0.1, 0.15) is 33.7 Å². The summed E-state index contributed by atoms with van der Waals surface area (Å²) < 4.78 is 1.63. The minimum absolute atomic E-state index is 0.120. The van der Waals surface area contributed by atoms with Crippen molar-refractivity contribution in [3.8, 4) is 5.69 Å². The van der Waals surface area contributed by atoms with Gasteiger partial charge < -0.3 is 10.2 Å². The van der Waals surface area contributed by atoms with Gasteiger partial charge in [-0.05, 0) is 49.2 Å². The average molecular weight is 395 g/mol. The third-order valence-corrected chi connectivity index (χ3v) is 4.93. The topological polar surface area (TPSA) is 67.2 Å². The first-order valence-electron chi connectivity index (χ1n) is 9.13. The van der Waals surface area contributed by atoms with Gasteiger partial charge >= 0.3 is 0 Å². The van der Waals surface area contributed by atoms with Gasteiger partial charge in [-0.2, -0.15) is 5.10 Å². The molecule has 1 aromatic heterocycles. The third-order valence-electron chi connectivity index (χ3n) is 4.70.